The van der Waals surface area contributed by atoms with Crippen molar-refractivity contribution in [3.05, 3.63) is 53.7 Å². The zero-order valence-corrected chi connectivity index (χ0v) is 20.2. The molecule has 1 fully saturated rings. The highest BCUT2D eigenvalue weighted by Gasteiger charge is 2.41. The number of amides is 3. The number of pyridine rings is 1. The van der Waals surface area contributed by atoms with Crippen LogP contribution in [0.2, 0.25) is 0 Å². The third-order valence-corrected chi connectivity index (χ3v) is 7.10. The van der Waals surface area contributed by atoms with Crippen LogP contribution in [0.4, 0.5) is 5.82 Å². The highest BCUT2D eigenvalue weighted by Crippen LogP contribution is 2.38. The lowest BCUT2D eigenvalue weighted by atomic mass is 9.73. The standard InChI is InChI=1S/C26H33N5O4/c1-28-25(34)26-9-4-5-13-30(23(32)19-8-12-29-22(27)18-19)16-17-35-21-7-3-2-6-20(21)24(33)31(14-10-26)15-11-26/h2-3,6-8,12,18H,4-5,9-11,13-17H2,1H3,(H2,27,29)(H,28,34). The van der Waals surface area contributed by atoms with Gasteiger partial charge in [0.05, 0.1) is 17.5 Å². The van der Waals surface area contributed by atoms with Gasteiger partial charge < -0.3 is 25.6 Å². The fraction of sp³-hybridized carbons (Fsp3) is 0.462. The molecule has 9 heteroatoms. The van der Waals surface area contributed by atoms with Crippen LogP contribution in [-0.4, -0.2) is 72.3 Å². The molecule has 3 aliphatic rings. The Morgan fingerprint density at radius 1 is 1.06 bits per heavy atom. The number of nitrogens with zero attached hydrogens (tertiary/aromatic N) is 3. The molecule has 3 amide bonds. The van der Waals surface area contributed by atoms with Gasteiger partial charge in [-0.2, -0.15) is 0 Å². The number of piperidine rings is 1. The number of aromatic nitrogens is 1. The van der Waals surface area contributed by atoms with E-state index in [0.29, 0.717) is 62.3 Å². The SMILES string of the molecule is CNC(=O)C12CCCCN(C(=O)c3ccnc(N)c3)CCOc3ccccc3C(=O)N(CC1)CC2. The molecule has 0 spiro atoms. The molecule has 1 aromatic carbocycles. The summed E-state index contributed by atoms with van der Waals surface area (Å²) in [6, 6.07) is 10.4. The number of anilines is 1. The average molecular weight is 480 g/mol. The van der Waals surface area contributed by atoms with Crippen LogP contribution in [0.1, 0.15) is 52.8 Å². The quantitative estimate of drug-likeness (QED) is 0.683. The van der Waals surface area contributed by atoms with Gasteiger partial charge in [0.2, 0.25) is 5.91 Å². The van der Waals surface area contributed by atoms with Gasteiger partial charge in [-0.1, -0.05) is 18.6 Å². The first-order chi connectivity index (χ1) is 16.9. The van der Waals surface area contributed by atoms with Crippen molar-refractivity contribution in [3.8, 4) is 5.75 Å². The molecule has 1 saturated heterocycles. The molecule has 186 valence electrons. The van der Waals surface area contributed by atoms with Gasteiger partial charge in [0.1, 0.15) is 18.2 Å². The van der Waals surface area contributed by atoms with Crippen molar-refractivity contribution in [1.82, 2.24) is 20.1 Å². The highest BCUT2D eigenvalue weighted by atomic mass is 16.5. The first kappa shape index (κ1) is 24.5. The summed E-state index contributed by atoms with van der Waals surface area (Å²) in [7, 11) is 1.67. The molecule has 0 saturated carbocycles. The number of nitrogens with one attached hydrogen (secondary N) is 1. The number of hydrogen-bond acceptors (Lipinski definition) is 6. The zero-order valence-electron chi connectivity index (χ0n) is 20.2. The van der Waals surface area contributed by atoms with Crippen LogP contribution in [-0.2, 0) is 4.79 Å². The summed E-state index contributed by atoms with van der Waals surface area (Å²) in [5.41, 5.74) is 6.25. The minimum atomic E-state index is -0.504. The van der Waals surface area contributed by atoms with E-state index in [4.69, 9.17) is 10.5 Å². The normalized spacial score (nSPS) is 18.6. The van der Waals surface area contributed by atoms with E-state index in [-0.39, 0.29) is 30.1 Å². The molecule has 3 aliphatic heterocycles. The van der Waals surface area contributed by atoms with E-state index < -0.39 is 5.41 Å². The number of hydrogen-bond donors (Lipinski definition) is 2. The van der Waals surface area contributed by atoms with Crippen LogP contribution < -0.4 is 15.8 Å². The summed E-state index contributed by atoms with van der Waals surface area (Å²) in [5, 5.41) is 2.83. The second-order valence-electron chi connectivity index (χ2n) is 9.21. The van der Waals surface area contributed by atoms with Crippen LogP contribution in [0.25, 0.3) is 0 Å². The molecule has 4 heterocycles. The van der Waals surface area contributed by atoms with E-state index in [1.165, 1.54) is 6.20 Å². The van der Waals surface area contributed by atoms with Gasteiger partial charge in [-0.3, -0.25) is 14.4 Å². The molecule has 3 N–H and O–H groups in total. The number of fused-ring (bicyclic) bond motifs is 9. The second-order valence-corrected chi connectivity index (χ2v) is 9.21. The molecular formula is C26H33N5O4. The Morgan fingerprint density at radius 3 is 2.57 bits per heavy atom. The number of rotatable bonds is 2. The van der Waals surface area contributed by atoms with E-state index in [9.17, 15) is 14.4 Å². The van der Waals surface area contributed by atoms with Crippen LogP contribution in [0, 0.1) is 5.41 Å². The first-order valence-corrected chi connectivity index (χ1v) is 12.2. The van der Waals surface area contributed by atoms with Crippen molar-refractivity contribution in [3.63, 3.8) is 0 Å². The predicted octanol–water partition coefficient (Wildman–Crippen LogP) is 2.34. The van der Waals surface area contributed by atoms with Crippen molar-refractivity contribution in [2.24, 2.45) is 5.41 Å². The Bertz CT molecular complexity index is 1080. The smallest absolute Gasteiger partial charge is 0.257 e. The van der Waals surface area contributed by atoms with Crippen LogP contribution in [0.3, 0.4) is 0 Å². The molecule has 9 nitrogen and oxygen atoms in total. The van der Waals surface area contributed by atoms with Gasteiger partial charge in [-0.15, -0.1) is 0 Å². The summed E-state index contributed by atoms with van der Waals surface area (Å²) in [6.45, 7) is 2.18. The first-order valence-electron chi connectivity index (χ1n) is 12.2. The number of carbonyl (C=O) groups is 3. The molecule has 0 aliphatic carbocycles. The second kappa shape index (κ2) is 10.8. The summed E-state index contributed by atoms with van der Waals surface area (Å²) in [6.07, 6.45) is 5.01. The maximum Gasteiger partial charge on any atom is 0.257 e. The highest BCUT2D eigenvalue weighted by molar-refractivity contribution is 5.97. The fourth-order valence-electron chi connectivity index (χ4n) is 5.04. The van der Waals surface area contributed by atoms with E-state index in [1.54, 1.807) is 36.2 Å². The minimum Gasteiger partial charge on any atom is -0.491 e. The molecule has 5 rings (SSSR count). The van der Waals surface area contributed by atoms with Crippen molar-refractivity contribution < 1.29 is 19.1 Å². The van der Waals surface area contributed by atoms with E-state index in [2.05, 4.69) is 10.3 Å². The van der Waals surface area contributed by atoms with Gasteiger partial charge in [-0.25, -0.2) is 4.98 Å². The number of ether oxygens (including phenoxy) is 1. The lowest BCUT2D eigenvalue weighted by Gasteiger charge is -2.40. The molecule has 2 bridgehead atoms. The lowest BCUT2D eigenvalue weighted by molar-refractivity contribution is -0.133. The molecule has 0 unspecified atom stereocenters. The Kier molecular flexibility index (Phi) is 7.53. The van der Waals surface area contributed by atoms with Crippen LogP contribution in [0.5, 0.6) is 5.75 Å². The molecule has 1 aromatic heterocycles. The van der Waals surface area contributed by atoms with Crippen molar-refractivity contribution in [1.29, 1.82) is 0 Å². The predicted molar refractivity (Wildman–Crippen MR) is 132 cm³/mol. The van der Waals surface area contributed by atoms with Crippen molar-refractivity contribution in [2.75, 3.05) is 45.6 Å². The monoisotopic (exact) mass is 479 g/mol. The third-order valence-electron chi connectivity index (χ3n) is 7.10. The molecule has 0 radical (unpaired) electrons. The molecule has 2 aromatic rings. The number of nitrogens with two attached hydrogens (primary N) is 1. The van der Waals surface area contributed by atoms with Crippen molar-refractivity contribution in [2.45, 2.75) is 32.1 Å². The van der Waals surface area contributed by atoms with Gasteiger partial charge >= 0.3 is 0 Å². The van der Waals surface area contributed by atoms with Gasteiger partial charge in [0.15, 0.2) is 0 Å². The summed E-state index contributed by atoms with van der Waals surface area (Å²) < 4.78 is 6.01. The number of nitrogen functional groups attached to an aromatic ring is 1. The summed E-state index contributed by atoms with van der Waals surface area (Å²) in [4.78, 5) is 47.0. The van der Waals surface area contributed by atoms with Gasteiger partial charge in [0.25, 0.3) is 11.8 Å². The van der Waals surface area contributed by atoms with Crippen LogP contribution in [0.15, 0.2) is 42.6 Å². The Morgan fingerprint density at radius 2 is 1.83 bits per heavy atom. The van der Waals surface area contributed by atoms with E-state index in [0.717, 1.165) is 12.8 Å². The minimum absolute atomic E-state index is 0.0258. The summed E-state index contributed by atoms with van der Waals surface area (Å²) in [5.74, 6) is 0.565. The summed E-state index contributed by atoms with van der Waals surface area (Å²) >= 11 is 0. The molecule has 0 atom stereocenters. The van der Waals surface area contributed by atoms with Gasteiger partial charge in [0, 0.05) is 38.4 Å². The van der Waals surface area contributed by atoms with Crippen LogP contribution >= 0.6 is 0 Å². The fourth-order valence-corrected chi connectivity index (χ4v) is 5.04. The topological polar surface area (TPSA) is 118 Å². The molecular weight excluding hydrogens is 446 g/mol. The Balaban J connectivity index is 1.60. The molecule has 35 heavy (non-hydrogen) atoms. The zero-order chi connectivity index (χ0) is 24.8. The average Bonchev–Trinajstić information content (AvgIpc) is 2.89. The largest absolute Gasteiger partial charge is 0.491 e. The Labute approximate surface area is 205 Å². The maximum atomic E-state index is 13.3. The Hall–Kier alpha value is -3.62. The lowest BCUT2D eigenvalue weighted by Crippen LogP contribution is -2.49. The van der Waals surface area contributed by atoms with Gasteiger partial charge in [-0.05, 0) is 49.9 Å². The van der Waals surface area contributed by atoms with E-state index in [1.807, 2.05) is 17.0 Å². The van der Waals surface area contributed by atoms with E-state index >= 15 is 0 Å². The maximum absolute atomic E-state index is 13.3. The van der Waals surface area contributed by atoms with Crippen molar-refractivity contribution >= 4 is 23.5 Å². The number of benzene rings is 1. The number of para-hydroxylation sites is 1. The number of carbonyl (C=O) groups excluding carboxylic acids is 3. The third kappa shape index (κ3) is 5.39.